The number of rotatable bonds is 5. The summed E-state index contributed by atoms with van der Waals surface area (Å²) in [6.07, 6.45) is -0.240. The number of hydrogen-bond donors (Lipinski definition) is 1. The summed E-state index contributed by atoms with van der Waals surface area (Å²) >= 11 is 3.55. The van der Waals surface area contributed by atoms with Crippen molar-refractivity contribution in [3.63, 3.8) is 0 Å². The van der Waals surface area contributed by atoms with Gasteiger partial charge in [0.05, 0.1) is 24.3 Å². The van der Waals surface area contributed by atoms with E-state index in [1.54, 1.807) is 24.3 Å². The highest BCUT2D eigenvalue weighted by atomic mass is 79.9. The van der Waals surface area contributed by atoms with Crippen molar-refractivity contribution in [3.05, 3.63) is 51.5 Å². The van der Waals surface area contributed by atoms with Crippen LogP contribution in [0.4, 0.5) is 18.3 Å². The van der Waals surface area contributed by atoms with Crippen molar-refractivity contribution in [1.82, 2.24) is 15.1 Å². The van der Waals surface area contributed by atoms with Crippen molar-refractivity contribution in [2.24, 2.45) is 23.7 Å². The van der Waals surface area contributed by atoms with Crippen LogP contribution < -0.4 is 5.32 Å². The number of amides is 3. The maximum Gasteiger partial charge on any atom is 0.445 e. The van der Waals surface area contributed by atoms with Crippen LogP contribution in [0, 0.1) is 23.7 Å². The number of benzene rings is 1. The molecule has 172 valence electrons. The van der Waals surface area contributed by atoms with Gasteiger partial charge in [-0.1, -0.05) is 51.6 Å². The molecule has 1 N–H and O–H groups in total. The van der Waals surface area contributed by atoms with Gasteiger partial charge in [-0.2, -0.15) is 13.2 Å². The minimum atomic E-state index is -4.67. The van der Waals surface area contributed by atoms with Gasteiger partial charge in [0.2, 0.25) is 27.9 Å². The molecule has 3 aliphatic rings. The van der Waals surface area contributed by atoms with Gasteiger partial charge in [0.1, 0.15) is 0 Å². The Morgan fingerprint density at radius 1 is 1.12 bits per heavy atom. The molecule has 2 aromatic rings. The van der Waals surface area contributed by atoms with Crippen LogP contribution in [0.15, 0.2) is 40.9 Å². The second kappa shape index (κ2) is 8.01. The summed E-state index contributed by atoms with van der Waals surface area (Å²) < 4.78 is 39.1. The van der Waals surface area contributed by atoms with Crippen LogP contribution in [-0.4, -0.2) is 32.8 Å². The largest absolute Gasteiger partial charge is 0.445 e. The van der Waals surface area contributed by atoms with Crippen molar-refractivity contribution >= 4 is 50.1 Å². The third-order valence-electron chi connectivity index (χ3n) is 6.36. The van der Waals surface area contributed by atoms with E-state index < -0.39 is 35.0 Å². The molecular formula is C21H16BrF3N4O3S. The average Bonchev–Trinajstić information content (AvgIpc) is 3.52. The van der Waals surface area contributed by atoms with Gasteiger partial charge in [-0.15, -0.1) is 10.2 Å². The Morgan fingerprint density at radius 2 is 1.73 bits per heavy atom. The molecule has 2 fully saturated rings. The standard InChI is InChI=1S/C21H16BrF3N4O3S/c22-12-5-3-9(4-6-12)13(8-14(30)26-20-28-27-19(33-20)21(23,24)25)29-17(31)15-10-1-2-11(7-10)16(15)18(29)32/h1-6,10-11,13,15-16H,7-8H2,(H,26,28,30). The number of nitrogens with one attached hydrogen (secondary N) is 1. The van der Waals surface area contributed by atoms with Gasteiger partial charge in [0.25, 0.3) is 0 Å². The monoisotopic (exact) mass is 540 g/mol. The molecule has 2 aliphatic carbocycles. The second-order valence-corrected chi connectivity index (χ2v) is 10.2. The van der Waals surface area contributed by atoms with Crippen molar-refractivity contribution in [1.29, 1.82) is 0 Å². The van der Waals surface area contributed by atoms with Gasteiger partial charge in [-0.05, 0) is 36.0 Å². The quantitative estimate of drug-likeness (QED) is 0.453. The molecule has 2 heterocycles. The predicted molar refractivity (Wildman–Crippen MR) is 115 cm³/mol. The van der Waals surface area contributed by atoms with Gasteiger partial charge < -0.3 is 5.32 Å². The van der Waals surface area contributed by atoms with Crippen molar-refractivity contribution in [3.8, 4) is 0 Å². The molecule has 3 amide bonds. The van der Waals surface area contributed by atoms with E-state index >= 15 is 0 Å². The van der Waals surface area contributed by atoms with E-state index in [2.05, 4.69) is 31.4 Å². The van der Waals surface area contributed by atoms with Crippen LogP contribution in [0.2, 0.25) is 0 Å². The SMILES string of the molecule is O=C(CC(c1ccc(Br)cc1)N1C(=O)C2C3C=CC(C3)C2C1=O)Nc1nnc(C(F)(F)F)s1. The summed E-state index contributed by atoms with van der Waals surface area (Å²) in [5.74, 6) is -2.11. The first kappa shape index (κ1) is 22.2. The number of anilines is 1. The van der Waals surface area contributed by atoms with Crippen molar-refractivity contribution < 1.29 is 27.6 Å². The molecular weight excluding hydrogens is 525 g/mol. The average molecular weight is 541 g/mol. The van der Waals surface area contributed by atoms with E-state index in [0.29, 0.717) is 5.56 Å². The van der Waals surface area contributed by atoms with Crippen LogP contribution in [0.25, 0.3) is 0 Å². The molecule has 7 nitrogen and oxygen atoms in total. The fourth-order valence-electron chi connectivity index (χ4n) is 5.01. The summed E-state index contributed by atoms with van der Waals surface area (Å²) in [5, 5.41) is 7.25. The highest BCUT2D eigenvalue weighted by Gasteiger charge is 2.60. The molecule has 12 heteroatoms. The minimum Gasteiger partial charge on any atom is -0.300 e. The Balaban J connectivity index is 1.41. The zero-order valence-corrected chi connectivity index (χ0v) is 19.2. The van der Waals surface area contributed by atoms with E-state index in [1.807, 2.05) is 12.2 Å². The highest BCUT2D eigenvalue weighted by Crippen LogP contribution is 2.54. The molecule has 5 atom stereocenters. The Labute approximate surface area is 198 Å². The molecule has 1 aromatic carbocycles. The maximum absolute atomic E-state index is 13.3. The van der Waals surface area contributed by atoms with Crippen LogP contribution in [0.5, 0.6) is 0 Å². The Kier molecular flexibility index (Phi) is 5.39. The lowest BCUT2D eigenvalue weighted by Crippen LogP contribution is -2.38. The molecule has 33 heavy (non-hydrogen) atoms. The minimum absolute atomic E-state index is 0.0167. The number of imide groups is 1. The number of allylic oxidation sites excluding steroid dienone is 2. The number of likely N-dealkylation sites (tertiary alicyclic amines) is 1. The molecule has 1 saturated heterocycles. The highest BCUT2D eigenvalue weighted by molar-refractivity contribution is 9.10. The topological polar surface area (TPSA) is 92.3 Å². The Morgan fingerprint density at radius 3 is 2.27 bits per heavy atom. The molecule has 1 aliphatic heterocycles. The third kappa shape index (κ3) is 3.88. The number of aromatic nitrogens is 2. The number of carbonyl (C=O) groups is 3. The Hall–Kier alpha value is -2.60. The van der Waals surface area contributed by atoms with Crippen LogP contribution in [0.1, 0.15) is 29.5 Å². The number of fused-ring (bicyclic) bond motifs is 5. The van der Waals surface area contributed by atoms with E-state index in [1.165, 1.54) is 4.90 Å². The number of hydrogen-bond acceptors (Lipinski definition) is 6. The molecule has 1 aromatic heterocycles. The summed E-state index contributed by atoms with van der Waals surface area (Å²) in [7, 11) is 0. The fourth-order valence-corrected chi connectivity index (χ4v) is 5.90. The van der Waals surface area contributed by atoms with Gasteiger partial charge in [0.15, 0.2) is 0 Å². The molecule has 2 bridgehead atoms. The van der Waals surface area contributed by atoms with E-state index in [0.717, 1.165) is 10.9 Å². The van der Waals surface area contributed by atoms with Gasteiger partial charge in [0, 0.05) is 4.47 Å². The fraction of sp³-hybridized carbons (Fsp3) is 0.381. The molecule has 1 saturated carbocycles. The molecule has 0 spiro atoms. The first-order valence-corrected chi connectivity index (χ1v) is 11.8. The van der Waals surface area contributed by atoms with E-state index in [-0.39, 0.29) is 46.5 Å². The molecule has 5 rings (SSSR count). The zero-order valence-electron chi connectivity index (χ0n) is 16.8. The van der Waals surface area contributed by atoms with Crippen LogP contribution >= 0.6 is 27.3 Å². The smallest absolute Gasteiger partial charge is 0.300 e. The molecule has 0 radical (unpaired) electrons. The van der Waals surface area contributed by atoms with Crippen molar-refractivity contribution in [2.45, 2.75) is 25.1 Å². The van der Waals surface area contributed by atoms with E-state index in [4.69, 9.17) is 0 Å². The van der Waals surface area contributed by atoms with E-state index in [9.17, 15) is 27.6 Å². The second-order valence-electron chi connectivity index (χ2n) is 8.28. The lowest BCUT2D eigenvalue weighted by Gasteiger charge is -2.28. The normalized spacial score (nSPS) is 26.7. The summed E-state index contributed by atoms with van der Waals surface area (Å²) in [6.45, 7) is 0. The Bertz CT molecular complexity index is 1140. The van der Waals surface area contributed by atoms with Gasteiger partial charge >= 0.3 is 6.18 Å². The number of carbonyl (C=O) groups excluding carboxylic acids is 3. The summed E-state index contributed by atoms with van der Waals surface area (Å²) in [6, 6.07) is 5.99. The summed E-state index contributed by atoms with van der Waals surface area (Å²) in [5.41, 5.74) is 0.573. The molecule has 5 unspecified atom stereocenters. The lowest BCUT2D eigenvalue weighted by atomic mass is 9.85. The van der Waals surface area contributed by atoms with Crippen molar-refractivity contribution in [2.75, 3.05) is 5.32 Å². The summed E-state index contributed by atoms with van der Waals surface area (Å²) in [4.78, 5) is 40.5. The first-order chi connectivity index (χ1) is 15.6. The maximum atomic E-state index is 13.3. The third-order valence-corrected chi connectivity index (χ3v) is 7.78. The van der Waals surface area contributed by atoms with Gasteiger partial charge in [-0.25, -0.2) is 0 Å². The number of alkyl halides is 3. The van der Waals surface area contributed by atoms with Crippen LogP contribution in [-0.2, 0) is 20.6 Å². The first-order valence-electron chi connectivity index (χ1n) is 10.1. The predicted octanol–water partition coefficient (Wildman–Crippen LogP) is 4.20. The number of nitrogens with zero attached hydrogens (tertiary/aromatic N) is 3. The number of halogens is 4. The van der Waals surface area contributed by atoms with Crippen LogP contribution in [0.3, 0.4) is 0 Å². The zero-order chi connectivity index (χ0) is 23.5. The lowest BCUT2D eigenvalue weighted by molar-refractivity contribution is -0.144. The van der Waals surface area contributed by atoms with Gasteiger partial charge in [-0.3, -0.25) is 19.3 Å².